The Labute approximate surface area is 125 Å². The lowest BCUT2D eigenvalue weighted by Crippen LogP contribution is -2.24. The van der Waals surface area contributed by atoms with Gasteiger partial charge in [0, 0.05) is 18.8 Å². The number of aromatic nitrogens is 2. The van der Waals surface area contributed by atoms with Crippen LogP contribution in [-0.4, -0.2) is 16.3 Å². The first-order valence-electron chi connectivity index (χ1n) is 6.38. The van der Waals surface area contributed by atoms with Crippen LogP contribution < -0.4 is 5.32 Å². The number of aryl methyl sites for hydroxylation is 1. The van der Waals surface area contributed by atoms with Gasteiger partial charge in [-0.15, -0.1) is 0 Å². The van der Waals surface area contributed by atoms with E-state index in [9.17, 15) is 8.78 Å². The zero-order valence-corrected chi connectivity index (χ0v) is 12.9. The SMILES string of the molecule is CCNC(Cc1c(F)ccc(Br)c1F)c1ccn(C)n1. The molecule has 0 fully saturated rings. The molecule has 1 atom stereocenters. The number of rotatable bonds is 5. The van der Waals surface area contributed by atoms with E-state index in [1.54, 1.807) is 4.68 Å². The molecule has 6 heteroatoms. The molecule has 20 heavy (non-hydrogen) atoms. The van der Waals surface area contributed by atoms with E-state index in [1.165, 1.54) is 12.1 Å². The molecular weight excluding hydrogens is 328 g/mol. The minimum atomic E-state index is -0.552. The minimum absolute atomic E-state index is 0.0657. The molecule has 0 saturated carbocycles. The van der Waals surface area contributed by atoms with Crippen LogP contribution in [0.25, 0.3) is 0 Å². The molecule has 2 aromatic rings. The zero-order chi connectivity index (χ0) is 14.7. The van der Waals surface area contributed by atoms with Crippen molar-refractivity contribution < 1.29 is 8.78 Å². The number of hydrogen-bond acceptors (Lipinski definition) is 2. The maximum absolute atomic E-state index is 14.0. The van der Waals surface area contributed by atoms with Crippen LogP contribution in [0.1, 0.15) is 24.2 Å². The summed E-state index contributed by atoms with van der Waals surface area (Å²) in [6.07, 6.45) is 2.02. The van der Waals surface area contributed by atoms with Gasteiger partial charge in [0.25, 0.3) is 0 Å². The Balaban J connectivity index is 2.31. The van der Waals surface area contributed by atoms with Gasteiger partial charge in [0.05, 0.1) is 16.2 Å². The van der Waals surface area contributed by atoms with E-state index < -0.39 is 11.6 Å². The van der Waals surface area contributed by atoms with E-state index in [-0.39, 0.29) is 22.5 Å². The van der Waals surface area contributed by atoms with Crippen LogP contribution in [0.4, 0.5) is 8.78 Å². The third kappa shape index (κ3) is 3.24. The fourth-order valence-electron chi connectivity index (χ4n) is 2.11. The highest BCUT2D eigenvalue weighted by molar-refractivity contribution is 9.10. The molecule has 0 saturated heterocycles. The van der Waals surface area contributed by atoms with E-state index >= 15 is 0 Å². The lowest BCUT2D eigenvalue weighted by Gasteiger charge is -2.17. The highest BCUT2D eigenvalue weighted by Gasteiger charge is 2.20. The first kappa shape index (κ1) is 15.1. The van der Waals surface area contributed by atoms with E-state index in [0.29, 0.717) is 6.54 Å². The standard InChI is InChI=1S/C14H16BrF2N3/c1-3-18-13(12-6-7-20(2)19-12)8-9-11(16)5-4-10(15)14(9)17/h4-7,13,18H,3,8H2,1-2H3. The molecule has 0 spiro atoms. The van der Waals surface area contributed by atoms with Gasteiger partial charge in [0.15, 0.2) is 0 Å². The average molecular weight is 344 g/mol. The summed E-state index contributed by atoms with van der Waals surface area (Å²) in [6, 6.07) is 4.27. The van der Waals surface area contributed by atoms with Crippen LogP contribution in [0.3, 0.4) is 0 Å². The predicted octanol–water partition coefficient (Wildman–Crippen LogP) is 3.35. The van der Waals surface area contributed by atoms with E-state index in [1.807, 2.05) is 26.2 Å². The van der Waals surface area contributed by atoms with Crippen LogP contribution in [0.15, 0.2) is 28.9 Å². The van der Waals surface area contributed by atoms with Crippen molar-refractivity contribution in [2.24, 2.45) is 7.05 Å². The first-order chi connectivity index (χ1) is 9.52. The number of likely N-dealkylation sites (N-methyl/N-ethyl adjacent to an activating group) is 1. The topological polar surface area (TPSA) is 29.9 Å². The monoisotopic (exact) mass is 343 g/mol. The average Bonchev–Trinajstić information content (AvgIpc) is 2.84. The third-order valence-corrected chi connectivity index (χ3v) is 3.70. The van der Waals surface area contributed by atoms with Crippen LogP contribution in [-0.2, 0) is 13.5 Å². The molecule has 1 unspecified atom stereocenters. The summed E-state index contributed by atoms with van der Waals surface area (Å²) in [4.78, 5) is 0. The fourth-order valence-corrected chi connectivity index (χ4v) is 2.48. The van der Waals surface area contributed by atoms with Gasteiger partial charge in [-0.3, -0.25) is 4.68 Å². The van der Waals surface area contributed by atoms with Gasteiger partial charge in [-0.25, -0.2) is 8.78 Å². The third-order valence-electron chi connectivity index (χ3n) is 3.09. The fraction of sp³-hybridized carbons (Fsp3) is 0.357. The number of halogens is 3. The molecule has 1 aromatic heterocycles. The molecule has 0 aliphatic carbocycles. The lowest BCUT2D eigenvalue weighted by molar-refractivity contribution is 0.487. The molecule has 0 aliphatic rings. The molecule has 0 bridgehead atoms. The highest BCUT2D eigenvalue weighted by atomic mass is 79.9. The molecule has 108 valence electrons. The second-order valence-electron chi connectivity index (χ2n) is 4.55. The van der Waals surface area contributed by atoms with Gasteiger partial charge in [-0.2, -0.15) is 5.10 Å². The van der Waals surface area contributed by atoms with Crippen molar-refractivity contribution in [1.82, 2.24) is 15.1 Å². The Morgan fingerprint density at radius 2 is 2.10 bits per heavy atom. The first-order valence-corrected chi connectivity index (χ1v) is 7.17. The summed E-state index contributed by atoms with van der Waals surface area (Å²) < 4.78 is 29.8. The molecule has 0 amide bonds. The molecule has 3 nitrogen and oxygen atoms in total. The van der Waals surface area contributed by atoms with Crippen molar-refractivity contribution in [3.63, 3.8) is 0 Å². The molecule has 0 radical (unpaired) electrons. The van der Waals surface area contributed by atoms with Crippen LogP contribution >= 0.6 is 15.9 Å². The second kappa shape index (κ2) is 6.45. The van der Waals surface area contributed by atoms with Gasteiger partial charge >= 0.3 is 0 Å². The van der Waals surface area contributed by atoms with Crippen molar-refractivity contribution in [2.45, 2.75) is 19.4 Å². The van der Waals surface area contributed by atoms with Crippen molar-refractivity contribution in [2.75, 3.05) is 6.54 Å². The van der Waals surface area contributed by atoms with Crippen LogP contribution in [0.5, 0.6) is 0 Å². The van der Waals surface area contributed by atoms with E-state index in [0.717, 1.165) is 5.69 Å². The maximum atomic E-state index is 14.0. The van der Waals surface area contributed by atoms with E-state index in [4.69, 9.17) is 0 Å². The lowest BCUT2D eigenvalue weighted by atomic mass is 10.0. The number of hydrogen-bond donors (Lipinski definition) is 1. The minimum Gasteiger partial charge on any atom is -0.309 e. The molecule has 1 N–H and O–H groups in total. The zero-order valence-electron chi connectivity index (χ0n) is 11.3. The largest absolute Gasteiger partial charge is 0.309 e. The smallest absolute Gasteiger partial charge is 0.143 e. The number of benzene rings is 1. The molecule has 2 rings (SSSR count). The van der Waals surface area contributed by atoms with E-state index in [2.05, 4.69) is 26.3 Å². The summed E-state index contributed by atoms with van der Waals surface area (Å²) in [5.74, 6) is -1.09. The van der Waals surface area contributed by atoms with Gasteiger partial charge < -0.3 is 5.32 Å². The van der Waals surface area contributed by atoms with Crippen molar-refractivity contribution in [3.8, 4) is 0 Å². The van der Waals surface area contributed by atoms with Gasteiger partial charge in [-0.1, -0.05) is 6.92 Å². The van der Waals surface area contributed by atoms with Gasteiger partial charge in [0.2, 0.25) is 0 Å². The Bertz CT molecular complexity index is 598. The summed E-state index contributed by atoms with van der Waals surface area (Å²) in [5, 5.41) is 7.52. The molecular formula is C14H16BrF2N3. The normalized spacial score (nSPS) is 12.7. The molecule has 0 aliphatic heterocycles. The predicted molar refractivity (Wildman–Crippen MR) is 77.4 cm³/mol. The summed E-state index contributed by atoms with van der Waals surface area (Å²) in [7, 11) is 1.81. The Kier molecular flexibility index (Phi) is 4.88. The summed E-state index contributed by atoms with van der Waals surface area (Å²) in [5.41, 5.74) is 0.837. The van der Waals surface area contributed by atoms with Gasteiger partial charge in [0.1, 0.15) is 11.6 Å². The Morgan fingerprint density at radius 3 is 2.70 bits per heavy atom. The second-order valence-corrected chi connectivity index (χ2v) is 5.40. The summed E-state index contributed by atoms with van der Waals surface area (Å²) >= 11 is 3.09. The molecule has 1 heterocycles. The van der Waals surface area contributed by atoms with Crippen LogP contribution in [0.2, 0.25) is 0 Å². The van der Waals surface area contributed by atoms with Crippen molar-refractivity contribution in [3.05, 3.63) is 51.8 Å². The van der Waals surface area contributed by atoms with Crippen molar-refractivity contribution in [1.29, 1.82) is 0 Å². The molecule has 1 aromatic carbocycles. The number of nitrogens with one attached hydrogen (secondary N) is 1. The van der Waals surface area contributed by atoms with Crippen molar-refractivity contribution >= 4 is 15.9 Å². The maximum Gasteiger partial charge on any atom is 0.143 e. The Morgan fingerprint density at radius 1 is 1.35 bits per heavy atom. The van der Waals surface area contributed by atoms with Crippen LogP contribution in [0, 0.1) is 11.6 Å². The van der Waals surface area contributed by atoms with Gasteiger partial charge in [-0.05, 0) is 47.1 Å². The highest BCUT2D eigenvalue weighted by Crippen LogP contribution is 2.26. The Hall–Kier alpha value is -1.27. The number of nitrogens with zero attached hydrogens (tertiary/aromatic N) is 2. The summed E-state index contributed by atoms with van der Waals surface area (Å²) in [6.45, 7) is 2.64. The quantitative estimate of drug-likeness (QED) is 0.843.